The van der Waals surface area contributed by atoms with Crippen molar-refractivity contribution in [3.8, 4) is 17.0 Å². The largest absolute Gasteiger partial charge is 0.494 e. The van der Waals surface area contributed by atoms with Gasteiger partial charge in [0.1, 0.15) is 0 Å². The Labute approximate surface area is 264 Å². The van der Waals surface area contributed by atoms with Crippen LogP contribution in [0.25, 0.3) is 16.9 Å². The summed E-state index contributed by atoms with van der Waals surface area (Å²) in [4.78, 5) is 35.2. The second kappa shape index (κ2) is 13.4. The molecule has 1 aliphatic carbocycles. The molecule has 2 aromatic heterocycles. The van der Waals surface area contributed by atoms with Crippen molar-refractivity contribution in [1.82, 2.24) is 30.3 Å². The van der Waals surface area contributed by atoms with E-state index in [0.717, 1.165) is 31.2 Å². The number of aliphatic hydroxyl groups is 1. The van der Waals surface area contributed by atoms with Crippen LogP contribution in [0.2, 0.25) is 0 Å². The van der Waals surface area contributed by atoms with Gasteiger partial charge >= 0.3 is 0 Å². The summed E-state index contributed by atoms with van der Waals surface area (Å²) in [7, 11) is 1.27. The zero-order chi connectivity index (χ0) is 32.4. The van der Waals surface area contributed by atoms with Crippen LogP contribution in [0.15, 0.2) is 48.9 Å². The number of carbonyl (C=O) groups excluding carboxylic acids is 2. The fraction of sp³-hybridized carbons (Fsp3) is 0.394. The number of carbonyl (C=O) groups is 2. The van der Waals surface area contributed by atoms with Crippen LogP contribution in [0, 0.1) is 11.6 Å². The number of ether oxygens (including phenoxy) is 1. The number of aryl methyl sites for hydroxylation is 1. The van der Waals surface area contributed by atoms with E-state index in [2.05, 4.69) is 31.2 Å². The predicted molar refractivity (Wildman–Crippen MR) is 168 cm³/mol. The third-order valence-electron chi connectivity index (χ3n) is 8.80. The number of imidazole rings is 1. The average molecular weight is 634 g/mol. The van der Waals surface area contributed by atoms with Crippen molar-refractivity contribution in [2.24, 2.45) is 0 Å². The normalized spacial score (nSPS) is 21.2. The van der Waals surface area contributed by atoms with E-state index in [4.69, 9.17) is 4.74 Å². The molecule has 2 unspecified atom stereocenters. The lowest BCUT2D eigenvalue weighted by molar-refractivity contribution is -0.124. The van der Waals surface area contributed by atoms with Crippen LogP contribution in [0.3, 0.4) is 0 Å². The van der Waals surface area contributed by atoms with Crippen LogP contribution < -0.4 is 26.0 Å². The topological polar surface area (TPSA) is 142 Å². The molecule has 4 atom stereocenters. The maximum absolute atomic E-state index is 14.9. The molecule has 6 rings (SSSR count). The molecule has 242 valence electrons. The molecular formula is C33H37F2N7O4. The highest BCUT2D eigenvalue weighted by atomic mass is 19.2. The van der Waals surface area contributed by atoms with E-state index in [9.17, 15) is 23.5 Å². The molecule has 1 saturated carbocycles. The number of benzene rings is 2. The van der Waals surface area contributed by atoms with Crippen molar-refractivity contribution in [2.75, 3.05) is 19.0 Å². The van der Waals surface area contributed by atoms with Gasteiger partial charge < -0.3 is 31.1 Å². The fourth-order valence-corrected chi connectivity index (χ4v) is 6.34. The van der Waals surface area contributed by atoms with Crippen LogP contribution >= 0.6 is 0 Å². The van der Waals surface area contributed by atoms with Gasteiger partial charge in [-0.2, -0.15) is 4.39 Å². The quantitative estimate of drug-likeness (QED) is 0.187. The molecule has 0 spiro atoms. The molecule has 4 aromatic rings. The summed E-state index contributed by atoms with van der Waals surface area (Å²) in [5, 5.41) is 22.3. The summed E-state index contributed by atoms with van der Waals surface area (Å²) in [6.07, 6.45) is 8.48. The number of halogens is 2. The van der Waals surface area contributed by atoms with Gasteiger partial charge in [0.05, 0.1) is 31.1 Å². The van der Waals surface area contributed by atoms with Crippen LogP contribution in [0.5, 0.6) is 5.75 Å². The number of aliphatic hydroxyl groups excluding tert-OH is 1. The van der Waals surface area contributed by atoms with Gasteiger partial charge in [-0.05, 0) is 61.6 Å². The molecule has 11 nitrogen and oxygen atoms in total. The molecule has 1 saturated heterocycles. The van der Waals surface area contributed by atoms with Gasteiger partial charge in [-0.15, -0.1) is 0 Å². The van der Waals surface area contributed by atoms with E-state index in [1.807, 2.05) is 13.0 Å². The molecule has 46 heavy (non-hydrogen) atoms. The maximum atomic E-state index is 14.9. The zero-order valence-corrected chi connectivity index (χ0v) is 25.6. The lowest BCUT2D eigenvalue weighted by atomic mass is 9.89. The molecule has 2 aliphatic rings. The standard InChI is InChI=1S/C33H37F2N7O4/c1-3-18-14-19(39-30-31-38-17-26(42(31)13-12-36-30)22-10-11-27(46-2)29(35)28(22)34)8-9-21(18)32(44)40-23-6-4-5-7-24(23)41-33(45)25-15-20(43)16-37-25/h8-14,17,20,23-25,37,43H,3-7,15-16H2,1-2H3,(H,36,39)(H,40,44)(H,41,45)/t20-,23?,24?,25+/m1/s1. The third kappa shape index (κ3) is 6.24. The van der Waals surface area contributed by atoms with Gasteiger partial charge in [-0.3, -0.25) is 14.0 Å². The Kier molecular flexibility index (Phi) is 9.13. The van der Waals surface area contributed by atoms with Gasteiger partial charge in [-0.25, -0.2) is 14.4 Å². The third-order valence-corrected chi connectivity index (χ3v) is 8.80. The monoisotopic (exact) mass is 633 g/mol. The zero-order valence-electron chi connectivity index (χ0n) is 25.6. The van der Waals surface area contributed by atoms with Crippen molar-refractivity contribution in [3.63, 3.8) is 0 Å². The SMILES string of the molecule is CCc1cc(Nc2nccn3c(-c4ccc(OC)c(F)c4F)cnc23)ccc1C(=O)NC1CCCCC1NC(=O)[C@@H]1C[C@@H](O)CN1. The van der Waals surface area contributed by atoms with Gasteiger partial charge in [0, 0.05) is 47.8 Å². The van der Waals surface area contributed by atoms with Crippen molar-refractivity contribution >= 4 is 29.0 Å². The molecule has 1 aliphatic heterocycles. The van der Waals surface area contributed by atoms with Crippen molar-refractivity contribution in [3.05, 3.63) is 71.7 Å². The number of rotatable bonds is 9. The molecule has 13 heteroatoms. The number of anilines is 2. The van der Waals surface area contributed by atoms with Crippen molar-refractivity contribution in [1.29, 1.82) is 0 Å². The Morgan fingerprint density at radius 2 is 1.87 bits per heavy atom. The Balaban J connectivity index is 1.18. The highest BCUT2D eigenvalue weighted by Crippen LogP contribution is 2.32. The molecule has 5 N–H and O–H groups in total. The Bertz CT molecular complexity index is 1760. The summed E-state index contributed by atoms with van der Waals surface area (Å²) >= 11 is 0. The lowest BCUT2D eigenvalue weighted by Crippen LogP contribution is -2.56. The smallest absolute Gasteiger partial charge is 0.251 e. The molecular weight excluding hydrogens is 596 g/mol. The summed E-state index contributed by atoms with van der Waals surface area (Å²) in [5.74, 6) is -2.28. The van der Waals surface area contributed by atoms with Gasteiger partial charge in [0.25, 0.3) is 5.91 Å². The van der Waals surface area contributed by atoms with E-state index in [1.54, 1.807) is 22.7 Å². The Morgan fingerprint density at radius 3 is 2.59 bits per heavy atom. The van der Waals surface area contributed by atoms with E-state index in [1.165, 1.54) is 31.6 Å². The molecule has 2 fully saturated rings. The second-order valence-electron chi connectivity index (χ2n) is 11.7. The first-order valence-electron chi connectivity index (χ1n) is 15.5. The predicted octanol–water partition coefficient (Wildman–Crippen LogP) is 3.87. The van der Waals surface area contributed by atoms with Crippen molar-refractivity contribution in [2.45, 2.75) is 69.7 Å². The van der Waals surface area contributed by atoms with Crippen LogP contribution in [-0.2, 0) is 11.2 Å². The van der Waals surface area contributed by atoms with Crippen LogP contribution in [0.4, 0.5) is 20.3 Å². The van der Waals surface area contributed by atoms with E-state index in [0.29, 0.717) is 47.8 Å². The van der Waals surface area contributed by atoms with E-state index < -0.39 is 23.8 Å². The minimum Gasteiger partial charge on any atom is -0.494 e. The number of β-amino-alcohol motifs (C(OH)–C–C–N with tert-alkyl or cyclic N) is 1. The van der Waals surface area contributed by atoms with Gasteiger partial charge in [0.15, 0.2) is 23.0 Å². The highest BCUT2D eigenvalue weighted by Gasteiger charge is 2.33. The minimum atomic E-state index is -1.08. The van der Waals surface area contributed by atoms with E-state index in [-0.39, 0.29) is 35.2 Å². The number of fused-ring (bicyclic) bond motifs is 1. The first-order valence-corrected chi connectivity index (χ1v) is 15.5. The number of amides is 2. The summed E-state index contributed by atoms with van der Waals surface area (Å²) < 4.78 is 35.8. The molecule has 2 aromatic carbocycles. The lowest BCUT2D eigenvalue weighted by Gasteiger charge is -2.33. The molecule has 0 bridgehead atoms. The van der Waals surface area contributed by atoms with Crippen LogP contribution in [-0.4, -0.2) is 69.2 Å². The summed E-state index contributed by atoms with van der Waals surface area (Å²) in [5.41, 5.74) is 2.80. The number of aromatic nitrogens is 3. The first kappa shape index (κ1) is 31.4. The Hall–Kier alpha value is -4.62. The number of methoxy groups -OCH3 is 1. The number of nitrogens with zero attached hydrogens (tertiary/aromatic N) is 3. The van der Waals surface area contributed by atoms with Gasteiger partial charge in [-0.1, -0.05) is 19.8 Å². The number of nitrogens with one attached hydrogen (secondary N) is 4. The van der Waals surface area contributed by atoms with Crippen molar-refractivity contribution < 1.29 is 28.2 Å². The maximum Gasteiger partial charge on any atom is 0.251 e. The number of hydrogen-bond donors (Lipinski definition) is 5. The second-order valence-corrected chi connectivity index (χ2v) is 11.7. The average Bonchev–Trinajstić information content (AvgIpc) is 3.70. The first-order chi connectivity index (χ1) is 22.3. The van der Waals surface area contributed by atoms with E-state index >= 15 is 0 Å². The molecule has 2 amide bonds. The van der Waals surface area contributed by atoms with Gasteiger partial charge in [0.2, 0.25) is 11.7 Å². The minimum absolute atomic E-state index is 0.0281. The number of hydrogen-bond acceptors (Lipinski definition) is 8. The Morgan fingerprint density at radius 1 is 1.09 bits per heavy atom. The fourth-order valence-electron chi connectivity index (χ4n) is 6.34. The molecule has 3 heterocycles. The summed E-state index contributed by atoms with van der Waals surface area (Å²) in [6.45, 7) is 2.36. The van der Waals surface area contributed by atoms with Crippen LogP contribution in [0.1, 0.15) is 54.9 Å². The highest BCUT2D eigenvalue weighted by molar-refractivity contribution is 5.96. The molecule has 0 radical (unpaired) electrons. The summed E-state index contributed by atoms with van der Waals surface area (Å²) in [6, 6.07) is 7.38.